The molecule has 1 heterocycles. The molecule has 0 amide bonds. The van der Waals surface area contributed by atoms with Crippen LogP contribution in [0.2, 0.25) is 5.02 Å². The van der Waals surface area contributed by atoms with Crippen LogP contribution in [0.15, 0.2) is 65.5 Å². The SMILES string of the molecule is Nc1cc(-c2ccccc2)nn(C2CCC(c3cccc(Cl)c3)CC2)c1=O. The van der Waals surface area contributed by atoms with Gasteiger partial charge < -0.3 is 5.73 Å². The Kier molecular flexibility index (Phi) is 4.99. The molecule has 1 saturated carbocycles. The van der Waals surface area contributed by atoms with Crippen LogP contribution in [0.3, 0.4) is 0 Å². The van der Waals surface area contributed by atoms with Crippen molar-refractivity contribution in [2.75, 3.05) is 5.73 Å². The van der Waals surface area contributed by atoms with Crippen molar-refractivity contribution in [3.05, 3.63) is 81.6 Å². The van der Waals surface area contributed by atoms with Gasteiger partial charge >= 0.3 is 0 Å². The summed E-state index contributed by atoms with van der Waals surface area (Å²) in [5.74, 6) is 0.477. The summed E-state index contributed by atoms with van der Waals surface area (Å²) >= 11 is 6.13. The van der Waals surface area contributed by atoms with Crippen molar-refractivity contribution in [3.63, 3.8) is 0 Å². The highest BCUT2D eigenvalue weighted by atomic mass is 35.5. The zero-order valence-electron chi connectivity index (χ0n) is 15.0. The van der Waals surface area contributed by atoms with Crippen molar-refractivity contribution in [1.29, 1.82) is 0 Å². The largest absolute Gasteiger partial charge is 0.394 e. The number of benzene rings is 2. The summed E-state index contributed by atoms with van der Waals surface area (Å²) in [5.41, 5.74) is 9.05. The summed E-state index contributed by atoms with van der Waals surface area (Å²) < 4.78 is 1.60. The average Bonchev–Trinajstić information content (AvgIpc) is 2.71. The molecule has 0 radical (unpaired) electrons. The Labute approximate surface area is 163 Å². The topological polar surface area (TPSA) is 60.9 Å². The van der Waals surface area contributed by atoms with Crippen LogP contribution in [-0.2, 0) is 0 Å². The van der Waals surface area contributed by atoms with E-state index in [-0.39, 0.29) is 17.3 Å². The molecule has 4 rings (SSSR count). The third-order valence-corrected chi connectivity index (χ3v) is 5.63. The summed E-state index contributed by atoms with van der Waals surface area (Å²) in [5, 5.41) is 5.42. The first-order valence-electron chi connectivity index (χ1n) is 9.32. The molecule has 2 N–H and O–H groups in total. The third-order valence-electron chi connectivity index (χ3n) is 5.39. The number of nitrogens with two attached hydrogens (primary N) is 1. The lowest BCUT2D eigenvalue weighted by Gasteiger charge is -2.29. The number of rotatable bonds is 3. The van der Waals surface area contributed by atoms with Crippen LogP contribution in [0.5, 0.6) is 0 Å². The zero-order chi connectivity index (χ0) is 18.8. The second-order valence-corrected chi connectivity index (χ2v) is 7.60. The average molecular weight is 380 g/mol. The van der Waals surface area contributed by atoms with Crippen LogP contribution in [0.4, 0.5) is 5.69 Å². The Hall–Kier alpha value is -2.59. The van der Waals surface area contributed by atoms with E-state index in [1.54, 1.807) is 10.7 Å². The van der Waals surface area contributed by atoms with Gasteiger partial charge in [0.15, 0.2) is 0 Å². The normalized spacial score (nSPS) is 19.7. The van der Waals surface area contributed by atoms with E-state index in [1.165, 1.54) is 5.56 Å². The van der Waals surface area contributed by atoms with Gasteiger partial charge in [-0.1, -0.05) is 54.1 Å². The Morgan fingerprint density at radius 1 is 0.963 bits per heavy atom. The summed E-state index contributed by atoms with van der Waals surface area (Å²) in [6, 6.07) is 19.7. The zero-order valence-corrected chi connectivity index (χ0v) is 15.8. The molecular formula is C22H22ClN3O. The second-order valence-electron chi connectivity index (χ2n) is 7.16. The molecule has 0 atom stereocenters. The molecule has 1 fully saturated rings. The first kappa shape index (κ1) is 17.8. The van der Waals surface area contributed by atoms with E-state index in [9.17, 15) is 4.79 Å². The molecule has 0 unspecified atom stereocenters. The lowest BCUT2D eigenvalue weighted by molar-refractivity contribution is 0.296. The quantitative estimate of drug-likeness (QED) is 0.693. The van der Waals surface area contributed by atoms with Crippen molar-refractivity contribution in [2.24, 2.45) is 0 Å². The third kappa shape index (κ3) is 3.76. The van der Waals surface area contributed by atoms with E-state index in [0.717, 1.165) is 42.0 Å². The number of anilines is 1. The highest BCUT2D eigenvalue weighted by Crippen LogP contribution is 2.38. The minimum atomic E-state index is -0.194. The van der Waals surface area contributed by atoms with Crippen molar-refractivity contribution in [2.45, 2.75) is 37.6 Å². The van der Waals surface area contributed by atoms with Crippen LogP contribution in [0.1, 0.15) is 43.2 Å². The van der Waals surface area contributed by atoms with Crippen LogP contribution in [-0.4, -0.2) is 9.78 Å². The smallest absolute Gasteiger partial charge is 0.290 e. The standard InChI is InChI=1S/C22H22ClN3O/c23-18-8-4-7-17(13-18)15-9-11-19(12-10-15)26-22(27)20(24)14-21(25-26)16-5-2-1-3-6-16/h1-8,13-15,19H,9-12,24H2. The van der Waals surface area contributed by atoms with Crippen LogP contribution >= 0.6 is 11.6 Å². The first-order chi connectivity index (χ1) is 13.1. The van der Waals surface area contributed by atoms with Gasteiger partial charge in [0, 0.05) is 10.6 Å². The van der Waals surface area contributed by atoms with Crippen LogP contribution < -0.4 is 11.3 Å². The Morgan fingerprint density at radius 3 is 2.41 bits per heavy atom. The molecule has 0 saturated heterocycles. The minimum Gasteiger partial charge on any atom is -0.394 e. The van der Waals surface area contributed by atoms with E-state index < -0.39 is 0 Å². The number of nitrogen functional groups attached to an aromatic ring is 1. The fourth-order valence-electron chi connectivity index (χ4n) is 3.94. The van der Waals surface area contributed by atoms with Crippen molar-refractivity contribution >= 4 is 17.3 Å². The van der Waals surface area contributed by atoms with Gasteiger partial charge in [-0.3, -0.25) is 4.79 Å². The molecule has 0 bridgehead atoms. The maximum atomic E-state index is 12.6. The van der Waals surface area contributed by atoms with Gasteiger partial charge in [-0.25, -0.2) is 4.68 Å². The maximum Gasteiger partial charge on any atom is 0.290 e. The minimum absolute atomic E-state index is 0.0823. The number of hydrogen-bond donors (Lipinski definition) is 1. The Morgan fingerprint density at radius 2 is 1.70 bits per heavy atom. The lowest BCUT2D eigenvalue weighted by Crippen LogP contribution is -2.31. The fraction of sp³-hybridized carbons (Fsp3) is 0.273. The highest BCUT2D eigenvalue weighted by Gasteiger charge is 2.25. The van der Waals surface area contributed by atoms with E-state index >= 15 is 0 Å². The summed E-state index contributed by atoms with van der Waals surface area (Å²) in [4.78, 5) is 12.6. The van der Waals surface area contributed by atoms with Crippen molar-refractivity contribution in [3.8, 4) is 11.3 Å². The molecule has 5 heteroatoms. The first-order valence-corrected chi connectivity index (χ1v) is 9.70. The molecular weight excluding hydrogens is 358 g/mol. The molecule has 1 aromatic heterocycles. The lowest BCUT2D eigenvalue weighted by atomic mass is 9.82. The summed E-state index contributed by atoms with van der Waals surface area (Å²) in [7, 11) is 0. The van der Waals surface area contributed by atoms with Gasteiger partial charge in [0.2, 0.25) is 0 Å². The summed E-state index contributed by atoms with van der Waals surface area (Å²) in [6.07, 6.45) is 3.83. The molecule has 138 valence electrons. The number of hydrogen-bond acceptors (Lipinski definition) is 3. The molecule has 1 aliphatic carbocycles. The van der Waals surface area contributed by atoms with E-state index in [1.807, 2.05) is 48.5 Å². The van der Waals surface area contributed by atoms with Crippen molar-refractivity contribution < 1.29 is 0 Å². The highest BCUT2D eigenvalue weighted by molar-refractivity contribution is 6.30. The van der Waals surface area contributed by atoms with Crippen molar-refractivity contribution in [1.82, 2.24) is 9.78 Å². The molecule has 27 heavy (non-hydrogen) atoms. The van der Waals surface area contributed by atoms with E-state index in [2.05, 4.69) is 11.2 Å². The number of nitrogens with zero attached hydrogens (tertiary/aromatic N) is 2. The van der Waals surface area contributed by atoms with E-state index in [4.69, 9.17) is 17.3 Å². The maximum absolute atomic E-state index is 12.6. The Balaban J connectivity index is 1.58. The fourth-order valence-corrected chi connectivity index (χ4v) is 4.14. The van der Waals surface area contributed by atoms with E-state index in [0.29, 0.717) is 5.92 Å². The van der Waals surface area contributed by atoms with Gasteiger partial charge in [-0.2, -0.15) is 5.10 Å². The van der Waals surface area contributed by atoms with Crippen LogP contribution in [0, 0.1) is 0 Å². The monoisotopic (exact) mass is 379 g/mol. The molecule has 4 nitrogen and oxygen atoms in total. The second kappa shape index (κ2) is 7.57. The van der Waals surface area contributed by atoms with Gasteiger partial charge in [0.05, 0.1) is 11.7 Å². The Bertz CT molecular complexity index is 992. The number of aromatic nitrogens is 2. The van der Waals surface area contributed by atoms with Crippen LogP contribution in [0.25, 0.3) is 11.3 Å². The van der Waals surface area contributed by atoms with Gasteiger partial charge in [-0.15, -0.1) is 0 Å². The number of halogens is 1. The molecule has 3 aromatic rings. The van der Waals surface area contributed by atoms with Gasteiger partial charge in [0.25, 0.3) is 5.56 Å². The summed E-state index contributed by atoms with van der Waals surface area (Å²) in [6.45, 7) is 0. The molecule has 0 aliphatic heterocycles. The molecule has 0 spiro atoms. The predicted molar refractivity (Wildman–Crippen MR) is 110 cm³/mol. The predicted octanol–water partition coefficient (Wildman–Crippen LogP) is 5.04. The van der Waals surface area contributed by atoms with Gasteiger partial charge in [-0.05, 0) is 55.4 Å². The van der Waals surface area contributed by atoms with Gasteiger partial charge in [0.1, 0.15) is 5.69 Å². The molecule has 2 aromatic carbocycles. The molecule has 1 aliphatic rings.